The molecule has 0 spiro atoms. The van der Waals surface area contributed by atoms with Gasteiger partial charge in [-0.1, -0.05) is 30.3 Å². The van der Waals surface area contributed by atoms with Gasteiger partial charge in [-0.3, -0.25) is 4.79 Å². The largest absolute Gasteiger partial charge is 0.335 e. The molecule has 1 saturated heterocycles. The number of sulfone groups is 1. The zero-order chi connectivity index (χ0) is 15.7. The predicted octanol–water partition coefficient (Wildman–Crippen LogP) is 2.49. The molecule has 0 aliphatic carbocycles. The number of rotatable bonds is 3. The first kappa shape index (κ1) is 15.0. The molecule has 2 aromatic carbocycles. The van der Waals surface area contributed by atoms with Crippen LogP contribution in [-0.2, 0) is 9.84 Å². The molecule has 2 aromatic rings. The van der Waals surface area contributed by atoms with Crippen LogP contribution in [0.3, 0.4) is 0 Å². The lowest BCUT2D eigenvalue weighted by molar-refractivity contribution is 0.0708. The predicted molar refractivity (Wildman–Crippen MR) is 87.7 cm³/mol. The van der Waals surface area contributed by atoms with Gasteiger partial charge in [0.15, 0.2) is 9.84 Å². The average Bonchev–Trinajstić information content (AvgIpc) is 2.87. The summed E-state index contributed by atoms with van der Waals surface area (Å²) in [7, 11) is -2.99. The van der Waals surface area contributed by atoms with E-state index in [1.165, 1.54) is 0 Å². The Balaban J connectivity index is 1.89. The molecule has 1 aliphatic rings. The lowest BCUT2D eigenvalue weighted by Crippen LogP contribution is -2.40. The van der Waals surface area contributed by atoms with Gasteiger partial charge >= 0.3 is 0 Å². The molecule has 0 N–H and O–H groups in total. The van der Waals surface area contributed by atoms with Crippen molar-refractivity contribution in [3.05, 3.63) is 48.0 Å². The molecule has 116 valence electrons. The van der Waals surface area contributed by atoms with Gasteiger partial charge in [0, 0.05) is 18.2 Å². The molecule has 3 rings (SSSR count). The van der Waals surface area contributed by atoms with E-state index in [4.69, 9.17) is 0 Å². The topological polar surface area (TPSA) is 54.5 Å². The smallest absolute Gasteiger partial charge is 0.254 e. The maximum Gasteiger partial charge on any atom is 0.254 e. The number of fused-ring (bicyclic) bond motifs is 1. The monoisotopic (exact) mass is 317 g/mol. The van der Waals surface area contributed by atoms with Gasteiger partial charge in [-0.25, -0.2) is 8.42 Å². The molecule has 1 unspecified atom stereocenters. The lowest BCUT2D eigenvalue weighted by atomic mass is 10.1. The van der Waals surface area contributed by atoms with Gasteiger partial charge in [0.2, 0.25) is 0 Å². The lowest BCUT2D eigenvalue weighted by Gasteiger charge is -2.27. The maximum atomic E-state index is 12.7. The van der Waals surface area contributed by atoms with Crippen LogP contribution >= 0.6 is 0 Å². The van der Waals surface area contributed by atoms with E-state index in [1.807, 2.05) is 49.4 Å². The Morgan fingerprint density at radius 3 is 2.55 bits per heavy atom. The van der Waals surface area contributed by atoms with E-state index < -0.39 is 9.84 Å². The number of carbonyl (C=O) groups excluding carboxylic acids is 1. The van der Waals surface area contributed by atoms with Crippen molar-refractivity contribution in [1.82, 2.24) is 4.90 Å². The normalized spacial score (nSPS) is 20.1. The minimum atomic E-state index is -2.99. The number of amides is 1. The molecule has 0 saturated carbocycles. The van der Waals surface area contributed by atoms with Crippen LogP contribution in [0.1, 0.15) is 23.7 Å². The van der Waals surface area contributed by atoms with Crippen molar-refractivity contribution in [3.63, 3.8) is 0 Å². The summed E-state index contributed by atoms with van der Waals surface area (Å²) in [4.78, 5) is 14.4. The first-order valence-corrected chi connectivity index (χ1v) is 9.32. The fourth-order valence-electron chi connectivity index (χ4n) is 3.08. The van der Waals surface area contributed by atoms with Crippen LogP contribution in [-0.4, -0.2) is 43.3 Å². The van der Waals surface area contributed by atoms with E-state index in [1.54, 1.807) is 4.90 Å². The molecule has 1 amide bonds. The summed E-state index contributed by atoms with van der Waals surface area (Å²) in [6, 6.07) is 13.3. The zero-order valence-corrected chi connectivity index (χ0v) is 13.3. The molecular formula is C17H19NO3S. The summed E-state index contributed by atoms with van der Waals surface area (Å²) < 4.78 is 23.3. The van der Waals surface area contributed by atoms with Crippen molar-refractivity contribution in [3.8, 4) is 0 Å². The summed E-state index contributed by atoms with van der Waals surface area (Å²) in [5, 5.41) is 2.11. The quantitative estimate of drug-likeness (QED) is 0.874. The summed E-state index contributed by atoms with van der Waals surface area (Å²) in [6.07, 6.45) is 0.537. The van der Waals surface area contributed by atoms with E-state index >= 15 is 0 Å². The highest BCUT2D eigenvalue weighted by Crippen LogP contribution is 2.22. The van der Waals surface area contributed by atoms with Gasteiger partial charge in [-0.15, -0.1) is 0 Å². The van der Waals surface area contributed by atoms with Gasteiger partial charge in [0.25, 0.3) is 5.91 Å². The number of carbonyl (C=O) groups is 1. The molecule has 0 radical (unpaired) electrons. The number of benzene rings is 2. The molecule has 4 nitrogen and oxygen atoms in total. The summed E-state index contributed by atoms with van der Waals surface area (Å²) in [5.41, 5.74) is 0.616. The number of hydrogen-bond donors (Lipinski definition) is 0. The van der Waals surface area contributed by atoms with Crippen molar-refractivity contribution in [2.45, 2.75) is 19.4 Å². The Morgan fingerprint density at radius 1 is 1.18 bits per heavy atom. The second kappa shape index (κ2) is 5.72. The molecule has 1 heterocycles. The van der Waals surface area contributed by atoms with Crippen molar-refractivity contribution >= 4 is 26.5 Å². The second-order valence-corrected chi connectivity index (χ2v) is 7.94. The third kappa shape index (κ3) is 2.86. The molecule has 5 heteroatoms. The van der Waals surface area contributed by atoms with E-state index in [9.17, 15) is 13.2 Å². The molecule has 1 aliphatic heterocycles. The maximum absolute atomic E-state index is 12.7. The molecule has 1 atom stereocenters. The molecule has 0 aromatic heterocycles. The molecule has 1 fully saturated rings. The fraction of sp³-hybridized carbons (Fsp3) is 0.353. The third-order valence-electron chi connectivity index (χ3n) is 4.25. The number of hydrogen-bond acceptors (Lipinski definition) is 3. The Kier molecular flexibility index (Phi) is 3.91. The molecule has 22 heavy (non-hydrogen) atoms. The first-order valence-electron chi connectivity index (χ1n) is 7.50. The van der Waals surface area contributed by atoms with Gasteiger partial charge in [0.05, 0.1) is 11.5 Å². The van der Waals surface area contributed by atoms with Crippen LogP contribution in [0.2, 0.25) is 0 Å². The average molecular weight is 317 g/mol. The Bertz CT molecular complexity index is 814. The highest BCUT2D eigenvalue weighted by Gasteiger charge is 2.34. The van der Waals surface area contributed by atoms with Crippen LogP contribution < -0.4 is 0 Å². The van der Waals surface area contributed by atoms with Crippen molar-refractivity contribution in [1.29, 1.82) is 0 Å². The summed E-state index contributed by atoms with van der Waals surface area (Å²) in [6.45, 7) is 2.41. The van der Waals surface area contributed by atoms with Gasteiger partial charge < -0.3 is 4.90 Å². The van der Waals surface area contributed by atoms with E-state index in [0.29, 0.717) is 18.5 Å². The van der Waals surface area contributed by atoms with Gasteiger partial charge in [-0.2, -0.15) is 0 Å². The third-order valence-corrected chi connectivity index (χ3v) is 6.00. The minimum absolute atomic E-state index is 0.0835. The van der Waals surface area contributed by atoms with E-state index in [2.05, 4.69) is 0 Å². The van der Waals surface area contributed by atoms with Gasteiger partial charge in [-0.05, 0) is 36.2 Å². The zero-order valence-electron chi connectivity index (χ0n) is 12.5. The molecular weight excluding hydrogens is 298 g/mol. The van der Waals surface area contributed by atoms with Crippen LogP contribution in [0, 0.1) is 0 Å². The van der Waals surface area contributed by atoms with Crippen LogP contribution in [0.25, 0.3) is 10.8 Å². The van der Waals surface area contributed by atoms with Crippen molar-refractivity contribution < 1.29 is 13.2 Å². The highest BCUT2D eigenvalue weighted by molar-refractivity contribution is 7.91. The SMILES string of the molecule is CCN(C(=O)c1ccc2ccccc2c1)C1CCS(=O)(=O)C1. The Labute approximate surface area is 130 Å². The Morgan fingerprint density at radius 2 is 1.91 bits per heavy atom. The number of nitrogens with zero attached hydrogens (tertiary/aromatic N) is 1. The Hall–Kier alpha value is -1.88. The molecule has 0 bridgehead atoms. The van der Waals surface area contributed by atoms with Crippen molar-refractivity contribution in [2.75, 3.05) is 18.1 Å². The fourth-order valence-corrected chi connectivity index (χ4v) is 4.81. The standard InChI is InChI=1S/C17H19NO3S/c1-2-18(16-9-10-22(20,21)12-16)17(19)15-8-7-13-5-3-4-6-14(13)11-15/h3-8,11,16H,2,9-10,12H2,1H3. The van der Waals surface area contributed by atoms with Crippen LogP contribution in [0.4, 0.5) is 0 Å². The van der Waals surface area contributed by atoms with Crippen LogP contribution in [0.5, 0.6) is 0 Å². The van der Waals surface area contributed by atoms with E-state index in [0.717, 1.165) is 10.8 Å². The summed E-state index contributed by atoms with van der Waals surface area (Å²) >= 11 is 0. The summed E-state index contributed by atoms with van der Waals surface area (Å²) in [5.74, 6) is 0.176. The van der Waals surface area contributed by atoms with Crippen LogP contribution in [0.15, 0.2) is 42.5 Å². The second-order valence-electron chi connectivity index (χ2n) is 5.71. The van der Waals surface area contributed by atoms with Crippen molar-refractivity contribution in [2.24, 2.45) is 0 Å². The van der Waals surface area contributed by atoms with E-state index in [-0.39, 0.29) is 23.5 Å². The minimum Gasteiger partial charge on any atom is -0.335 e. The van der Waals surface area contributed by atoms with Gasteiger partial charge in [0.1, 0.15) is 0 Å². The first-order chi connectivity index (χ1) is 10.5. The highest BCUT2D eigenvalue weighted by atomic mass is 32.2.